The molecule has 2 N–H and O–H groups in total. The van der Waals surface area contributed by atoms with Gasteiger partial charge in [0.15, 0.2) is 0 Å². The van der Waals surface area contributed by atoms with Crippen LogP contribution in [0.15, 0.2) is 12.1 Å². The zero-order valence-corrected chi connectivity index (χ0v) is 6.47. The van der Waals surface area contributed by atoms with Crippen LogP contribution in [-0.4, -0.2) is 4.98 Å². The Balaban J connectivity index is 3.12. The van der Waals surface area contributed by atoms with Crippen LogP contribution in [0.5, 0.6) is 0 Å². The molecular formula is C7H6ClN3. The molecule has 0 aromatic carbocycles. The van der Waals surface area contributed by atoms with Gasteiger partial charge in [-0.1, -0.05) is 11.6 Å². The van der Waals surface area contributed by atoms with E-state index in [2.05, 4.69) is 4.98 Å². The van der Waals surface area contributed by atoms with Gasteiger partial charge >= 0.3 is 0 Å². The lowest BCUT2D eigenvalue weighted by Crippen LogP contribution is -1.99. The zero-order valence-electron chi connectivity index (χ0n) is 5.71. The molecule has 0 bridgehead atoms. The fraction of sp³-hybridized carbons (Fsp3) is 0.143. The van der Waals surface area contributed by atoms with Crippen LogP contribution in [0.3, 0.4) is 0 Å². The summed E-state index contributed by atoms with van der Waals surface area (Å²) in [5, 5.41) is 8.69. The number of aromatic nitrogens is 1. The van der Waals surface area contributed by atoms with Gasteiger partial charge in [-0.2, -0.15) is 5.26 Å². The molecule has 56 valence electrons. The standard InChI is InChI=1S/C7H6ClN3/c8-7-5(3-9)1-2-6(4-10)11-7/h1-2H,4,10H2. The number of nitrogens with two attached hydrogens (primary N) is 1. The predicted octanol–water partition coefficient (Wildman–Crippen LogP) is 1.07. The van der Waals surface area contributed by atoms with Gasteiger partial charge in [-0.25, -0.2) is 4.98 Å². The first-order valence-corrected chi connectivity index (χ1v) is 3.41. The summed E-state index contributed by atoms with van der Waals surface area (Å²) in [5.74, 6) is 0. The molecule has 0 aliphatic carbocycles. The molecule has 4 heteroatoms. The maximum atomic E-state index is 8.48. The summed E-state index contributed by atoms with van der Waals surface area (Å²) in [7, 11) is 0. The van der Waals surface area contributed by atoms with Crippen molar-refractivity contribution in [2.24, 2.45) is 5.73 Å². The van der Waals surface area contributed by atoms with Crippen LogP contribution in [0.2, 0.25) is 5.15 Å². The molecule has 1 rings (SSSR count). The van der Waals surface area contributed by atoms with Crippen molar-refractivity contribution in [1.82, 2.24) is 4.98 Å². The number of hydrogen-bond acceptors (Lipinski definition) is 3. The Morgan fingerprint density at radius 3 is 2.82 bits per heavy atom. The molecule has 3 nitrogen and oxygen atoms in total. The number of nitrogens with zero attached hydrogens (tertiary/aromatic N) is 2. The molecule has 1 aromatic heterocycles. The van der Waals surface area contributed by atoms with Crippen LogP contribution in [0.1, 0.15) is 11.3 Å². The summed E-state index contributed by atoms with van der Waals surface area (Å²) < 4.78 is 0. The second-order valence-corrected chi connectivity index (χ2v) is 2.31. The first-order chi connectivity index (χ1) is 5.27. The van der Waals surface area contributed by atoms with E-state index in [1.54, 1.807) is 12.1 Å². The Kier molecular flexibility index (Phi) is 2.42. The molecule has 0 saturated carbocycles. The molecule has 0 aliphatic heterocycles. The van der Waals surface area contributed by atoms with Gasteiger partial charge in [-0.3, -0.25) is 0 Å². The van der Waals surface area contributed by atoms with E-state index in [0.717, 1.165) is 0 Å². The van der Waals surface area contributed by atoms with Crippen molar-refractivity contribution in [3.05, 3.63) is 28.5 Å². The lowest BCUT2D eigenvalue weighted by atomic mass is 10.3. The quantitative estimate of drug-likeness (QED) is 0.637. The molecule has 0 unspecified atom stereocenters. The van der Waals surface area contributed by atoms with E-state index >= 15 is 0 Å². The van der Waals surface area contributed by atoms with Gasteiger partial charge in [0, 0.05) is 6.54 Å². The Morgan fingerprint density at radius 1 is 1.64 bits per heavy atom. The SMILES string of the molecule is N#Cc1ccc(CN)nc1Cl. The third-order valence-electron chi connectivity index (χ3n) is 1.24. The lowest BCUT2D eigenvalue weighted by Gasteiger charge is -1.96. The van der Waals surface area contributed by atoms with Crippen LogP contribution in [0.25, 0.3) is 0 Å². The molecule has 0 atom stereocenters. The fourth-order valence-corrected chi connectivity index (χ4v) is 0.883. The second kappa shape index (κ2) is 3.33. The maximum absolute atomic E-state index is 8.48. The highest BCUT2D eigenvalue weighted by Gasteiger charge is 2.00. The molecular weight excluding hydrogens is 162 g/mol. The van der Waals surface area contributed by atoms with Gasteiger partial charge < -0.3 is 5.73 Å². The van der Waals surface area contributed by atoms with Crippen LogP contribution in [-0.2, 0) is 6.54 Å². The molecule has 0 aliphatic rings. The van der Waals surface area contributed by atoms with Crippen molar-refractivity contribution in [1.29, 1.82) is 5.26 Å². The van der Waals surface area contributed by atoms with Crippen LogP contribution in [0, 0.1) is 11.3 Å². The molecule has 1 aromatic rings. The third-order valence-corrected chi connectivity index (χ3v) is 1.52. The molecule has 0 radical (unpaired) electrons. The fourth-order valence-electron chi connectivity index (χ4n) is 0.669. The first kappa shape index (κ1) is 7.99. The minimum Gasteiger partial charge on any atom is -0.325 e. The lowest BCUT2D eigenvalue weighted by molar-refractivity contribution is 0.988. The van der Waals surface area contributed by atoms with Crippen molar-refractivity contribution >= 4 is 11.6 Å². The van der Waals surface area contributed by atoms with E-state index < -0.39 is 0 Å². The number of halogens is 1. The zero-order chi connectivity index (χ0) is 8.27. The Hall–Kier alpha value is -1.11. The van der Waals surface area contributed by atoms with Gasteiger partial charge in [-0.05, 0) is 12.1 Å². The largest absolute Gasteiger partial charge is 0.325 e. The third kappa shape index (κ3) is 1.67. The van der Waals surface area contributed by atoms with E-state index in [1.807, 2.05) is 6.07 Å². The van der Waals surface area contributed by atoms with Crippen molar-refractivity contribution in [2.75, 3.05) is 0 Å². The van der Waals surface area contributed by atoms with Gasteiger partial charge in [-0.15, -0.1) is 0 Å². The smallest absolute Gasteiger partial charge is 0.147 e. The topological polar surface area (TPSA) is 62.7 Å². The summed E-state index contributed by atoms with van der Waals surface area (Å²) in [6.07, 6.45) is 0. The number of rotatable bonds is 1. The molecule has 1 heterocycles. The molecule has 0 fully saturated rings. The molecule has 0 spiro atoms. The van der Waals surface area contributed by atoms with Crippen molar-refractivity contribution < 1.29 is 0 Å². The van der Waals surface area contributed by atoms with Crippen LogP contribution >= 0.6 is 11.6 Å². The highest BCUT2D eigenvalue weighted by molar-refractivity contribution is 6.30. The van der Waals surface area contributed by atoms with Gasteiger partial charge in [0.1, 0.15) is 11.2 Å². The average molecular weight is 168 g/mol. The summed E-state index contributed by atoms with van der Waals surface area (Å²) in [5.41, 5.74) is 6.37. The number of hydrogen-bond donors (Lipinski definition) is 1. The highest BCUT2D eigenvalue weighted by atomic mass is 35.5. The molecule has 11 heavy (non-hydrogen) atoms. The minimum absolute atomic E-state index is 0.218. The van der Waals surface area contributed by atoms with Gasteiger partial charge in [0.25, 0.3) is 0 Å². The Labute approximate surface area is 69.4 Å². The van der Waals surface area contributed by atoms with E-state index in [0.29, 0.717) is 17.8 Å². The summed E-state index contributed by atoms with van der Waals surface area (Å²) in [6, 6.07) is 5.20. The molecule has 0 saturated heterocycles. The normalized spacial score (nSPS) is 9.18. The highest BCUT2D eigenvalue weighted by Crippen LogP contribution is 2.11. The van der Waals surface area contributed by atoms with E-state index in [1.165, 1.54) is 0 Å². The van der Waals surface area contributed by atoms with Crippen molar-refractivity contribution in [3.8, 4) is 6.07 Å². The van der Waals surface area contributed by atoms with Crippen molar-refractivity contribution in [2.45, 2.75) is 6.54 Å². The monoisotopic (exact) mass is 167 g/mol. The van der Waals surface area contributed by atoms with E-state index in [-0.39, 0.29) is 5.15 Å². The van der Waals surface area contributed by atoms with Gasteiger partial charge in [0.2, 0.25) is 0 Å². The molecule has 0 amide bonds. The van der Waals surface area contributed by atoms with E-state index in [9.17, 15) is 0 Å². The predicted molar refractivity (Wildman–Crippen MR) is 41.9 cm³/mol. The Bertz CT molecular complexity index is 303. The maximum Gasteiger partial charge on any atom is 0.147 e. The summed E-state index contributed by atoms with van der Waals surface area (Å²) >= 11 is 5.62. The van der Waals surface area contributed by atoms with E-state index in [4.69, 9.17) is 22.6 Å². The number of nitriles is 1. The van der Waals surface area contributed by atoms with Crippen LogP contribution in [0.4, 0.5) is 0 Å². The van der Waals surface area contributed by atoms with Crippen molar-refractivity contribution in [3.63, 3.8) is 0 Å². The van der Waals surface area contributed by atoms with Crippen LogP contribution < -0.4 is 5.73 Å². The summed E-state index contributed by atoms with van der Waals surface area (Å²) in [6.45, 7) is 0.339. The number of pyridine rings is 1. The van der Waals surface area contributed by atoms with Gasteiger partial charge in [0.05, 0.1) is 11.3 Å². The second-order valence-electron chi connectivity index (χ2n) is 1.96. The Morgan fingerprint density at radius 2 is 2.36 bits per heavy atom. The first-order valence-electron chi connectivity index (χ1n) is 3.03. The summed E-state index contributed by atoms with van der Waals surface area (Å²) in [4.78, 5) is 3.88. The minimum atomic E-state index is 0.218. The average Bonchev–Trinajstić information content (AvgIpc) is 2.04.